The minimum atomic E-state index is -3.57. The van der Waals surface area contributed by atoms with Crippen molar-refractivity contribution in [3.8, 4) is 0 Å². The maximum absolute atomic E-state index is 14.3. The van der Waals surface area contributed by atoms with Crippen LogP contribution in [0.2, 0.25) is 0 Å². The number of nitrogens with zero attached hydrogens (tertiary/aromatic N) is 2. The Morgan fingerprint density at radius 1 is 1.12 bits per heavy atom. The van der Waals surface area contributed by atoms with Gasteiger partial charge in [-0.3, -0.25) is 13.9 Å². The second-order valence-corrected chi connectivity index (χ2v) is 10.3. The lowest BCUT2D eigenvalue weighted by atomic mass is 10.1. The molecule has 0 spiro atoms. The number of nitrogens with one attached hydrogen (secondary N) is 1. The highest BCUT2D eigenvalue weighted by Crippen LogP contribution is 2.24. The first-order valence-corrected chi connectivity index (χ1v) is 13.2. The van der Waals surface area contributed by atoms with Gasteiger partial charge in [0.25, 0.3) is 0 Å². The Morgan fingerprint density at radius 2 is 1.79 bits per heavy atom. The van der Waals surface area contributed by atoms with Crippen molar-refractivity contribution in [3.63, 3.8) is 0 Å². The Labute approximate surface area is 202 Å². The van der Waals surface area contributed by atoms with E-state index in [0.717, 1.165) is 17.4 Å². The van der Waals surface area contributed by atoms with Crippen molar-refractivity contribution in [1.82, 2.24) is 10.2 Å². The predicted octanol–water partition coefficient (Wildman–Crippen LogP) is 3.54. The van der Waals surface area contributed by atoms with Crippen molar-refractivity contribution in [2.24, 2.45) is 0 Å². The van der Waals surface area contributed by atoms with E-state index in [-0.39, 0.29) is 37.7 Å². The SMILES string of the molecule is CCNC(=O)[C@@H](C)N(Cc1ccccc1F)C(=O)CCCN(c1cc(C)ccc1C)S(C)(=O)=O. The van der Waals surface area contributed by atoms with Crippen LogP contribution >= 0.6 is 0 Å². The van der Waals surface area contributed by atoms with Gasteiger partial charge in [-0.2, -0.15) is 0 Å². The third-order valence-corrected chi connectivity index (χ3v) is 6.78. The molecular formula is C25H34FN3O4S. The maximum Gasteiger partial charge on any atom is 0.242 e. The molecule has 34 heavy (non-hydrogen) atoms. The molecule has 7 nitrogen and oxygen atoms in total. The smallest absolute Gasteiger partial charge is 0.242 e. The number of sulfonamides is 1. The van der Waals surface area contributed by atoms with E-state index in [4.69, 9.17) is 0 Å². The van der Waals surface area contributed by atoms with E-state index < -0.39 is 21.9 Å². The third kappa shape index (κ3) is 7.28. The first kappa shape index (κ1) is 27.3. The average Bonchev–Trinajstić information content (AvgIpc) is 2.76. The van der Waals surface area contributed by atoms with Gasteiger partial charge in [-0.25, -0.2) is 12.8 Å². The summed E-state index contributed by atoms with van der Waals surface area (Å²) in [5, 5.41) is 2.69. The number of hydrogen-bond donors (Lipinski definition) is 1. The second-order valence-electron chi connectivity index (χ2n) is 8.41. The van der Waals surface area contributed by atoms with Crippen molar-refractivity contribution in [1.29, 1.82) is 0 Å². The summed E-state index contributed by atoms with van der Waals surface area (Å²) in [5.74, 6) is -1.14. The highest BCUT2D eigenvalue weighted by molar-refractivity contribution is 7.92. The molecule has 0 saturated carbocycles. The molecule has 2 aromatic rings. The Hall–Kier alpha value is -2.94. The number of anilines is 1. The molecule has 0 bridgehead atoms. The Balaban J connectivity index is 2.20. The lowest BCUT2D eigenvalue weighted by Crippen LogP contribution is -2.47. The Bertz CT molecular complexity index is 1120. The fourth-order valence-electron chi connectivity index (χ4n) is 3.69. The molecule has 0 fully saturated rings. The number of amides is 2. The summed E-state index contributed by atoms with van der Waals surface area (Å²) >= 11 is 0. The van der Waals surface area contributed by atoms with Crippen LogP contribution in [0.4, 0.5) is 10.1 Å². The van der Waals surface area contributed by atoms with Crippen molar-refractivity contribution < 1.29 is 22.4 Å². The number of carbonyl (C=O) groups excluding carboxylic acids is 2. The average molecular weight is 492 g/mol. The predicted molar refractivity (Wildman–Crippen MR) is 132 cm³/mol. The van der Waals surface area contributed by atoms with Crippen LogP contribution in [0.15, 0.2) is 42.5 Å². The van der Waals surface area contributed by atoms with Gasteiger partial charge in [0.15, 0.2) is 0 Å². The number of carbonyl (C=O) groups is 2. The molecule has 186 valence electrons. The number of rotatable bonds is 11. The van der Waals surface area contributed by atoms with E-state index in [1.807, 2.05) is 26.0 Å². The highest BCUT2D eigenvalue weighted by Gasteiger charge is 2.27. The fourth-order valence-corrected chi connectivity index (χ4v) is 4.70. The normalized spacial score (nSPS) is 12.2. The molecule has 0 aromatic heterocycles. The largest absolute Gasteiger partial charge is 0.355 e. The van der Waals surface area contributed by atoms with Crippen molar-refractivity contribution in [2.75, 3.05) is 23.7 Å². The van der Waals surface area contributed by atoms with Gasteiger partial charge in [0, 0.05) is 31.6 Å². The van der Waals surface area contributed by atoms with E-state index in [9.17, 15) is 22.4 Å². The van der Waals surface area contributed by atoms with Gasteiger partial charge < -0.3 is 10.2 Å². The molecule has 9 heteroatoms. The summed E-state index contributed by atoms with van der Waals surface area (Å²) in [7, 11) is -3.57. The summed E-state index contributed by atoms with van der Waals surface area (Å²) in [6.07, 6.45) is 1.39. The number of hydrogen-bond acceptors (Lipinski definition) is 4. The van der Waals surface area contributed by atoms with E-state index in [1.54, 1.807) is 38.1 Å². The zero-order chi connectivity index (χ0) is 25.5. The molecule has 0 heterocycles. The van der Waals surface area contributed by atoms with Crippen LogP contribution in [0, 0.1) is 19.7 Å². The van der Waals surface area contributed by atoms with Crippen LogP contribution in [-0.2, 0) is 26.2 Å². The summed E-state index contributed by atoms with van der Waals surface area (Å²) in [5.41, 5.74) is 2.62. The van der Waals surface area contributed by atoms with Crippen LogP contribution in [0.1, 0.15) is 43.4 Å². The molecule has 1 N–H and O–H groups in total. The van der Waals surface area contributed by atoms with E-state index in [0.29, 0.717) is 17.8 Å². The van der Waals surface area contributed by atoms with E-state index >= 15 is 0 Å². The summed E-state index contributed by atoms with van der Waals surface area (Å²) in [4.78, 5) is 26.9. The zero-order valence-corrected chi connectivity index (χ0v) is 21.3. The molecule has 2 rings (SSSR count). The molecule has 0 aliphatic heterocycles. The number of aryl methyl sites for hydroxylation is 2. The number of halogens is 1. The maximum atomic E-state index is 14.3. The standard InChI is InChI=1S/C25H34FN3O4S/c1-6-27-25(31)20(4)28(17-21-10-7-8-11-22(21)26)24(30)12-9-15-29(34(5,32)33)23-16-18(2)13-14-19(23)3/h7-8,10-11,13-14,16,20H,6,9,12,15,17H2,1-5H3,(H,27,31)/t20-/m1/s1. The van der Waals surface area contributed by atoms with Crippen LogP contribution in [0.5, 0.6) is 0 Å². The molecule has 2 aromatic carbocycles. The molecule has 2 amide bonds. The van der Waals surface area contributed by atoms with Gasteiger partial charge >= 0.3 is 0 Å². The van der Waals surface area contributed by atoms with E-state index in [2.05, 4.69) is 5.32 Å². The summed E-state index contributed by atoms with van der Waals surface area (Å²) < 4.78 is 40.5. The Morgan fingerprint density at radius 3 is 2.41 bits per heavy atom. The van der Waals surface area contributed by atoms with Gasteiger partial charge in [-0.15, -0.1) is 0 Å². The molecule has 0 unspecified atom stereocenters. The molecule has 0 saturated heterocycles. The van der Waals surface area contributed by atoms with Crippen molar-refractivity contribution >= 4 is 27.5 Å². The van der Waals surface area contributed by atoms with Gasteiger partial charge in [-0.05, 0) is 57.4 Å². The second kappa shape index (κ2) is 12.0. The van der Waals surface area contributed by atoms with Crippen LogP contribution < -0.4 is 9.62 Å². The molecule has 0 radical (unpaired) electrons. The van der Waals surface area contributed by atoms with Crippen LogP contribution in [-0.4, -0.2) is 50.5 Å². The Kier molecular flexibility index (Phi) is 9.61. The number of benzene rings is 2. The van der Waals surface area contributed by atoms with Crippen molar-refractivity contribution in [2.45, 2.75) is 53.1 Å². The summed E-state index contributed by atoms with van der Waals surface area (Å²) in [6.45, 7) is 7.56. The summed E-state index contributed by atoms with van der Waals surface area (Å²) in [6, 6.07) is 10.9. The quantitative estimate of drug-likeness (QED) is 0.521. The van der Waals surface area contributed by atoms with Gasteiger partial charge in [0.2, 0.25) is 21.8 Å². The van der Waals surface area contributed by atoms with Gasteiger partial charge in [-0.1, -0.05) is 30.3 Å². The first-order chi connectivity index (χ1) is 16.0. The lowest BCUT2D eigenvalue weighted by Gasteiger charge is -2.29. The van der Waals surface area contributed by atoms with E-state index in [1.165, 1.54) is 15.3 Å². The van der Waals surface area contributed by atoms with Gasteiger partial charge in [0.05, 0.1) is 11.9 Å². The highest BCUT2D eigenvalue weighted by atomic mass is 32.2. The molecule has 0 aliphatic rings. The van der Waals surface area contributed by atoms with Gasteiger partial charge in [0.1, 0.15) is 11.9 Å². The fraction of sp³-hybridized carbons (Fsp3) is 0.440. The molecular weight excluding hydrogens is 457 g/mol. The van der Waals surface area contributed by atoms with Crippen LogP contribution in [0.3, 0.4) is 0 Å². The van der Waals surface area contributed by atoms with Crippen molar-refractivity contribution in [3.05, 3.63) is 65.0 Å². The lowest BCUT2D eigenvalue weighted by molar-refractivity contribution is -0.140. The molecule has 0 aliphatic carbocycles. The molecule has 1 atom stereocenters. The minimum Gasteiger partial charge on any atom is -0.355 e. The third-order valence-electron chi connectivity index (χ3n) is 5.60. The zero-order valence-electron chi connectivity index (χ0n) is 20.5. The number of likely N-dealkylation sites (N-methyl/N-ethyl adjacent to an activating group) is 1. The topological polar surface area (TPSA) is 86.8 Å². The van der Waals surface area contributed by atoms with Crippen LogP contribution in [0.25, 0.3) is 0 Å². The first-order valence-electron chi connectivity index (χ1n) is 11.3. The minimum absolute atomic E-state index is 0.00901. The monoisotopic (exact) mass is 491 g/mol.